The van der Waals surface area contributed by atoms with E-state index in [1.165, 1.54) is 12.1 Å². The number of hydrogen-bond acceptors (Lipinski definition) is 2. The number of aryl methyl sites for hydroxylation is 1. The van der Waals surface area contributed by atoms with Crippen LogP contribution in [0.2, 0.25) is 0 Å². The van der Waals surface area contributed by atoms with Gasteiger partial charge in [0.25, 0.3) is 0 Å². The van der Waals surface area contributed by atoms with Crippen LogP contribution in [-0.4, -0.2) is 21.7 Å². The summed E-state index contributed by atoms with van der Waals surface area (Å²) in [5.74, 6) is -0.264. The minimum atomic E-state index is -0.258. The number of benzene rings is 1. The van der Waals surface area contributed by atoms with Crippen molar-refractivity contribution in [2.24, 2.45) is 0 Å². The Morgan fingerprint density at radius 1 is 1.40 bits per heavy atom. The van der Waals surface area contributed by atoms with Crippen LogP contribution < -0.4 is 5.32 Å². The minimum Gasteiger partial charge on any atom is -0.352 e. The second-order valence-corrected chi connectivity index (χ2v) is 4.82. The molecule has 1 aromatic carbocycles. The smallest absolute Gasteiger partial charge is 0.220 e. The van der Waals surface area contributed by atoms with Gasteiger partial charge in [0.2, 0.25) is 5.91 Å². The fourth-order valence-electron chi connectivity index (χ4n) is 1.99. The average Bonchev–Trinajstić information content (AvgIpc) is 2.90. The predicted molar refractivity (Wildman–Crippen MR) is 74.6 cm³/mol. The van der Waals surface area contributed by atoms with Gasteiger partial charge in [-0.3, -0.25) is 9.48 Å². The van der Waals surface area contributed by atoms with E-state index < -0.39 is 0 Å². The zero-order valence-corrected chi connectivity index (χ0v) is 11.4. The summed E-state index contributed by atoms with van der Waals surface area (Å²) in [5.41, 5.74) is 0.960. The maximum Gasteiger partial charge on any atom is 0.220 e. The summed E-state index contributed by atoms with van der Waals surface area (Å²) in [6, 6.07) is 8.10. The Morgan fingerprint density at radius 2 is 2.15 bits per heavy atom. The Hall–Kier alpha value is -2.17. The summed E-state index contributed by atoms with van der Waals surface area (Å²) in [7, 11) is 0. The molecule has 1 unspecified atom stereocenters. The highest BCUT2D eigenvalue weighted by molar-refractivity contribution is 5.76. The summed E-state index contributed by atoms with van der Waals surface area (Å²) in [6.07, 6.45) is 4.58. The number of carbonyl (C=O) groups excluding carboxylic acids is 1. The van der Waals surface area contributed by atoms with Gasteiger partial charge < -0.3 is 5.32 Å². The lowest BCUT2D eigenvalue weighted by Gasteiger charge is -2.14. The van der Waals surface area contributed by atoms with Crippen LogP contribution in [0.4, 0.5) is 4.39 Å². The second kappa shape index (κ2) is 6.84. The van der Waals surface area contributed by atoms with E-state index in [2.05, 4.69) is 10.4 Å². The molecule has 1 heterocycles. The SMILES string of the molecule is CC(Cn1cccn1)NC(=O)CCc1ccc(F)cc1. The zero-order valence-electron chi connectivity index (χ0n) is 11.4. The molecule has 0 aliphatic carbocycles. The minimum absolute atomic E-state index is 0.00557. The Kier molecular flexibility index (Phi) is 4.87. The molecule has 0 spiro atoms. The van der Waals surface area contributed by atoms with E-state index in [0.29, 0.717) is 19.4 Å². The predicted octanol–water partition coefficient (Wildman–Crippen LogP) is 2.16. The number of nitrogens with zero attached hydrogens (tertiary/aromatic N) is 2. The largest absolute Gasteiger partial charge is 0.352 e. The van der Waals surface area contributed by atoms with Crippen LogP contribution in [-0.2, 0) is 17.8 Å². The molecule has 1 N–H and O–H groups in total. The van der Waals surface area contributed by atoms with Gasteiger partial charge in [0.1, 0.15) is 5.82 Å². The van der Waals surface area contributed by atoms with Crippen LogP contribution in [0.25, 0.3) is 0 Å². The summed E-state index contributed by atoms with van der Waals surface area (Å²) >= 11 is 0. The molecule has 20 heavy (non-hydrogen) atoms. The Balaban J connectivity index is 1.73. The molecule has 1 atom stereocenters. The summed E-state index contributed by atoms with van der Waals surface area (Å²) in [5, 5.41) is 7.02. The molecule has 1 amide bonds. The van der Waals surface area contributed by atoms with E-state index in [0.717, 1.165) is 5.56 Å². The maximum atomic E-state index is 12.8. The molecule has 5 heteroatoms. The van der Waals surface area contributed by atoms with E-state index >= 15 is 0 Å². The van der Waals surface area contributed by atoms with Crippen LogP contribution >= 0.6 is 0 Å². The molecule has 0 bridgehead atoms. The first kappa shape index (κ1) is 14.2. The highest BCUT2D eigenvalue weighted by Gasteiger charge is 2.08. The average molecular weight is 275 g/mol. The van der Waals surface area contributed by atoms with Crippen LogP contribution in [0.1, 0.15) is 18.9 Å². The number of halogens is 1. The van der Waals surface area contributed by atoms with Gasteiger partial charge in [0.05, 0.1) is 6.54 Å². The third kappa shape index (κ3) is 4.50. The summed E-state index contributed by atoms with van der Waals surface area (Å²) in [4.78, 5) is 11.8. The Bertz CT molecular complexity index is 537. The van der Waals surface area contributed by atoms with Crippen molar-refractivity contribution in [2.45, 2.75) is 32.4 Å². The molecular weight excluding hydrogens is 257 g/mol. The number of hydrogen-bond donors (Lipinski definition) is 1. The Labute approximate surface area is 117 Å². The van der Waals surface area contributed by atoms with Crippen molar-refractivity contribution in [1.29, 1.82) is 0 Å². The van der Waals surface area contributed by atoms with Gasteiger partial charge in [0, 0.05) is 24.9 Å². The molecular formula is C15H18FN3O. The Morgan fingerprint density at radius 3 is 2.80 bits per heavy atom. The molecule has 2 rings (SSSR count). The number of aromatic nitrogens is 2. The summed E-state index contributed by atoms with van der Waals surface area (Å²) < 4.78 is 14.5. The summed E-state index contributed by atoms with van der Waals surface area (Å²) in [6.45, 7) is 2.59. The van der Waals surface area contributed by atoms with E-state index in [9.17, 15) is 9.18 Å². The number of amides is 1. The zero-order chi connectivity index (χ0) is 14.4. The lowest BCUT2D eigenvalue weighted by Crippen LogP contribution is -2.35. The monoisotopic (exact) mass is 275 g/mol. The van der Waals surface area contributed by atoms with E-state index in [-0.39, 0.29) is 17.8 Å². The molecule has 0 aliphatic heterocycles. The van der Waals surface area contributed by atoms with Crippen molar-refractivity contribution in [1.82, 2.24) is 15.1 Å². The quantitative estimate of drug-likeness (QED) is 0.878. The van der Waals surface area contributed by atoms with Crippen LogP contribution in [0, 0.1) is 5.82 Å². The highest BCUT2D eigenvalue weighted by Crippen LogP contribution is 2.05. The topological polar surface area (TPSA) is 46.9 Å². The lowest BCUT2D eigenvalue weighted by atomic mass is 10.1. The third-order valence-electron chi connectivity index (χ3n) is 2.98. The van der Waals surface area contributed by atoms with Gasteiger partial charge in [-0.05, 0) is 37.1 Å². The van der Waals surface area contributed by atoms with Crippen molar-refractivity contribution in [2.75, 3.05) is 0 Å². The molecule has 0 aliphatic rings. The fourth-order valence-corrected chi connectivity index (χ4v) is 1.99. The highest BCUT2D eigenvalue weighted by atomic mass is 19.1. The molecule has 106 valence electrons. The van der Waals surface area contributed by atoms with Crippen molar-refractivity contribution < 1.29 is 9.18 Å². The number of carbonyl (C=O) groups is 1. The van der Waals surface area contributed by atoms with Gasteiger partial charge in [-0.2, -0.15) is 5.10 Å². The van der Waals surface area contributed by atoms with Crippen molar-refractivity contribution in [3.8, 4) is 0 Å². The van der Waals surface area contributed by atoms with E-state index in [1.54, 1.807) is 23.0 Å². The second-order valence-electron chi connectivity index (χ2n) is 4.82. The molecule has 0 fully saturated rings. The number of nitrogens with one attached hydrogen (secondary N) is 1. The fraction of sp³-hybridized carbons (Fsp3) is 0.333. The number of rotatable bonds is 6. The van der Waals surface area contributed by atoms with Gasteiger partial charge in [0.15, 0.2) is 0 Å². The van der Waals surface area contributed by atoms with Crippen LogP contribution in [0.3, 0.4) is 0 Å². The van der Waals surface area contributed by atoms with Gasteiger partial charge in [-0.1, -0.05) is 12.1 Å². The van der Waals surface area contributed by atoms with Crippen LogP contribution in [0.15, 0.2) is 42.7 Å². The standard InChI is InChI=1S/C15H18FN3O/c1-12(11-19-10-2-9-17-19)18-15(20)8-5-13-3-6-14(16)7-4-13/h2-4,6-7,9-10,12H,5,8,11H2,1H3,(H,18,20). The van der Waals surface area contributed by atoms with Gasteiger partial charge in [-0.25, -0.2) is 4.39 Å². The van der Waals surface area contributed by atoms with Crippen molar-refractivity contribution in [3.63, 3.8) is 0 Å². The van der Waals surface area contributed by atoms with Gasteiger partial charge in [-0.15, -0.1) is 0 Å². The van der Waals surface area contributed by atoms with E-state index in [4.69, 9.17) is 0 Å². The molecule has 2 aromatic rings. The van der Waals surface area contributed by atoms with Gasteiger partial charge >= 0.3 is 0 Å². The van der Waals surface area contributed by atoms with E-state index in [1.807, 2.05) is 19.2 Å². The molecule has 1 aromatic heterocycles. The molecule has 4 nitrogen and oxygen atoms in total. The first-order valence-corrected chi connectivity index (χ1v) is 6.65. The third-order valence-corrected chi connectivity index (χ3v) is 2.98. The first-order chi connectivity index (χ1) is 9.63. The maximum absolute atomic E-state index is 12.8. The van der Waals surface area contributed by atoms with Crippen molar-refractivity contribution >= 4 is 5.91 Å². The first-order valence-electron chi connectivity index (χ1n) is 6.65. The molecule has 0 saturated heterocycles. The normalized spacial score (nSPS) is 12.1. The molecule has 0 radical (unpaired) electrons. The van der Waals surface area contributed by atoms with Crippen LogP contribution in [0.5, 0.6) is 0 Å². The molecule has 0 saturated carbocycles. The van der Waals surface area contributed by atoms with Crippen molar-refractivity contribution in [3.05, 3.63) is 54.1 Å². The lowest BCUT2D eigenvalue weighted by molar-refractivity contribution is -0.121.